The highest BCUT2D eigenvalue weighted by molar-refractivity contribution is 5.88. The Labute approximate surface area is 109 Å². The maximum absolute atomic E-state index is 11.8. The molecule has 0 aliphatic carbocycles. The molecule has 94 valence electrons. The fourth-order valence-corrected chi connectivity index (χ4v) is 2.09. The highest BCUT2D eigenvalue weighted by Gasteiger charge is 2.12. The van der Waals surface area contributed by atoms with Crippen LogP contribution < -0.4 is 0 Å². The number of piperidine rings is 1. The molecule has 1 fully saturated rings. The van der Waals surface area contributed by atoms with Crippen LogP contribution in [0.25, 0.3) is 6.08 Å². The minimum absolute atomic E-state index is 0.132. The van der Waals surface area contributed by atoms with Crippen LogP contribution >= 0.6 is 0 Å². The summed E-state index contributed by atoms with van der Waals surface area (Å²) in [5.74, 6) is 0.132. The van der Waals surface area contributed by atoms with E-state index in [-0.39, 0.29) is 5.91 Å². The molecule has 18 heavy (non-hydrogen) atoms. The molecule has 2 rings (SSSR count). The predicted molar refractivity (Wildman–Crippen MR) is 75.0 cm³/mol. The summed E-state index contributed by atoms with van der Waals surface area (Å²) in [5.41, 5.74) is 1.15. The third-order valence-electron chi connectivity index (χ3n) is 3.11. The van der Waals surface area contributed by atoms with E-state index in [1.54, 1.807) is 6.08 Å². The summed E-state index contributed by atoms with van der Waals surface area (Å²) in [5, 5.41) is 0. The summed E-state index contributed by atoms with van der Waals surface area (Å²) in [6.07, 6.45) is 10.9. The number of hydrogen-bond donors (Lipinski definition) is 0. The average Bonchev–Trinajstić information content (AvgIpc) is 2.45. The molecule has 1 saturated heterocycles. The van der Waals surface area contributed by atoms with Gasteiger partial charge in [0.15, 0.2) is 0 Å². The molecule has 1 heterocycles. The van der Waals surface area contributed by atoms with E-state index in [0.29, 0.717) is 0 Å². The fourth-order valence-electron chi connectivity index (χ4n) is 2.09. The second-order valence-electron chi connectivity index (χ2n) is 4.51. The van der Waals surface area contributed by atoms with Gasteiger partial charge in [-0.25, -0.2) is 0 Å². The average molecular weight is 241 g/mol. The number of amides is 1. The summed E-state index contributed by atoms with van der Waals surface area (Å²) < 4.78 is 0. The Bertz CT molecular complexity index is 428. The van der Waals surface area contributed by atoms with Gasteiger partial charge in [-0.3, -0.25) is 4.79 Å². The molecule has 2 heteroatoms. The van der Waals surface area contributed by atoms with Crippen LogP contribution in [0.3, 0.4) is 0 Å². The maximum atomic E-state index is 11.8. The first kappa shape index (κ1) is 12.6. The van der Waals surface area contributed by atoms with Gasteiger partial charge in [-0.2, -0.15) is 0 Å². The number of allylic oxidation sites excluding steroid dienone is 2. The molecule has 1 aliphatic rings. The third kappa shape index (κ3) is 3.88. The molecule has 0 aromatic heterocycles. The summed E-state index contributed by atoms with van der Waals surface area (Å²) >= 11 is 0. The van der Waals surface area contributed by atoms with E-state index in [1.807, 2.05) is 53.5 Å². The topological polar surface area (TPSA) is 20.3 Å². The van der Waals surface area contributed by atoms with E-state index in [1.165, 1.54) is 6.42 Å². The van der Waals surface area contributed by atoms with Crippen LogP contribution in [0.15, 0.2) is 48.6 Å². The van der Waals surface area contributed by atoms with Crippen molar-refractivity contribution in [2.75, 3.05) is 13.1 Å². The lowest BCUT2D eigenvalue weighted by molar-refractivity contribution is -0.126. The quantitative estimate of drug-likeness (QED) is 0.587. The second-order valence-corrected chi connectivity index (χ2v) is 4.51. The van der Waals surface area contributed by atoms with Crippen LogP contribution in [-0.2, 0) is 4.79 Å². The largest absolute Gasteiger partial charge is 0.339 e. The Balaban J connectivity index is 1.83. The highest BCUT2D eigenvalue weighted by Crippen LogP contribution is 2.09. The van der Waals surface area contributed by atoms with E-state index in [9.17, 15) is 4.79 Å². The highest BCUT2D eigenvalue weighted by atomic mass is 16.2. The van der Waals surface area contributed by atoms with Crippen LogP contribution in [0.1, 0.15) is 24.8 Å². The molecule has 2 nitrogen and oxygen atoms in total. The molecule has 0 atom stereocenters. The van der Waals surface area contributed by atoms with E-state index >= 15 is 0 Å². The van der Waals surface area contributed by atoms with Crippen LogP contribution in [-0.4, -0.2) is 23.9 Å². The van der Waals surface area contributed by atoms with Gasteiger partial charge in [0.25, 0.3) is 0 Å². The van der Waals surface area contributed by atoms with Crippen molar-refractivity contribution in [3.05, 3.63) is 54.1 Å². The van der Waals surface area contributed by atoms with E-state index < -0.39 is 0 Å². The zero-order valence-corrected chi connectivity index (χ0v) is 10.6. The lowest BCUT2D eigenvalue weighted by Gasteiger charge is -2.25. The van der Waals surface area contributed by atoms with E-state index in [0.717, 1.165) is 31.5 Å². The standard InChI is InChI=1S/C16H19NO/c18-16(17-13-7-2-8-14-17)12-6-5-11-15-9-3-1-4-10-15/h1,3-6,9-12H,2,7-8,13-14H2. The van der Waals surface area contributed by atoms with Gasteiger partial charge in [-0.15, -0.1) is 0 Å². The zero-order valence-electron chi connectivity index (χ0n) is 10.6. The minimum Gasteiger partial charge on any atom is -0.339 e. The molecule has 1 aliphatic heterocycles. The Hall–Kier alpha value is -1.83. The number of carbonyl (C=O) groups is 1. The van der Waals surface area contributed by atoms with Crippen molar-refractivity contribution >= 4 is 12.0 Å². The van der Waals surface area contributed by atoms with Crippen LogP contribution in [0.5, 0.6) is 0 Å². The summed E-state index contributed by atoms with van der Waals surface area (Å²) in [4.78, 5) is 13.7. The number of rotatable bonds is 3. The van der Waals surface area contributed by atoms with Gasteiger partial charge in [-0.1, -0.05) is 48.6 Å². The molecule has 0 unspecified atom stereocenters. The molecular formula is C16H19NO. The lowest BCUT2D eigenvalue weighted by atomic mass is 10.1. The van der Waals surface area contributed by atoms with Gasteiger partial charge in [0.05, 0.1) is 0 Å². The summed E-state index contributed by atoms with van der Waals surface area (Å²) in [6.45, 7) is 1.82. The molecule has 0 saturated carbocycles. The smallest absolute Gasteiger partial charge is 0.246 e. The lowest BCUT2D eigenvalue weighted by Crippen LogP contribution is -2.34. The van der Waals surface area contributed by atoms with Crippen molar-refractivity contribution in [2.45, 2.75) is 19.3 Å². The minimum atomic E-state index is 0.132. The molecule has 0 N–H and O–H groups in total. The van der Waals surface area contributed by atoms with Crippen molar-refractivity contribution in [3.63, 3.8) is 0 Å². The summed E-state index contributed by atoms with van der Waals surface area (Å²) in [6, 6.07) is 10.1. The Morgan fingerprint density at radius 1 is 1.00 bits per heavy atom. The predicted octanol–water partition coefficient (Wildman–Crippen LogP) is 3.27. The monoisotopic (exact) mass is 241 g/mol. The molecule has 0 spiro atoms. The van der Waals surface area contributed by atoms with Gasteiger partial charge in [-0.05, 0) is 24.8 Å². The molecule has 1 aromatic carbocycles. The van der Waals surface area contributed by atoms with Crippen LogP contribution in [0.4, 0.5) is 0 Å². The van der Waals surface area contributed by atoms with Crippen LogP contribution in [0, 0.1) is 0 Å². The van der Waals surface area contributed by atoms with Crippen molar-refractivity contribution in [1.29, 1.82) is 0 Å². The molecular weight excluding hydrogens is 222 g/mol. The van der Waals surface area contributed by atoms with Crippen molar-refractivity contribution in [3.8, 4) is 0 Å². The first-order valence-corrected chi connectivity index (χ1v) is 6.55. The first-order valence-electron chi connectivity index (χ1n) is 6.55. The molecule has 0 bridgehead atoms. The normalized spacial score (nSPS) is 16.6. The molecule has 0 radical (unpaired) electrons. The Kier molecular flexibility index (Phi) is 4.77. The van der Waals surface area contributed by atoms with Gasteiger partial charge in [0, 0.05) is 19.2 Å². The van der Waals surface area contributed by atoms with Crippen molar-refractivity contribution in [2.24, 2.45) is 0 Å². The Morgan fingerprint density at radius 2 is 1.72 bits per heavy atom. The molecule has 1 aromatic rings. The second kappa shape index (κ2) is 6.80. The number of benzene rings is 1. The number of carbonyl (C=O) groups excluding carboxylic acids is 1. The third-order valence-corrected chi connectivity index (χ3v) is 3.11. The number of likely N-dealkylation sites (tertiary alicyclic amines) is 1. The van der Waals surface area contributed by atoms with Crippen LogP contribution in [0.2, 0.25) is 0 Å². The van der Waals surface area contributed by atoms with Crippen molar-refractivity contribution in [1.82, 2.24) is 4.90 Å². The zero-order chi connectivity index (χ0) is 12.6. The van der Waals surface area contributed by atoms with E-state index in [4.69, 9.17) is 0 Å². The molecule has 1 amide bonds. The van der Waals surface area contributed by atoms with Crippen molar-refractivity contribution < 1.29 is 4.79 Å². The maximum Gasteiger partial charge on any atom is 0.246 e. The van der Waals surface area contributed by atoms with Gasteiger partial charge in [0.1, 0.15) is 0 Å². The first-order chi connectivity index (χ1) is 8.86. The number of nitrogens with zero attached hydrogens (tertiary/aromatic N) is 1. The summed E-state index contributed by atoms with van der Waals surface area (Å²) in [7, 11) is 0. The number of hydrogen-bond acceptors (Lipinski definition) is 1. The van der Waals surface area contributed by atoms with Gasteiger partial charge >= 0.3 is 0 Å². The van der Waals surface area contributed by atoms with E-state index in [2.05, 4.69) is 0 Å². The van der Waals surface area contributed by atoms with Gasteiger partial charge < -0.3 is 4.90 Å². The fraction of sp³-hybridized carbons (Fsp3) is 0.312. The van der Waals surface area contributed by atoms with Gasteiger partial charge in [0.2, 0.25) is 5.91 Å². The Morgan fingerprint density at radius 3 is 2.44 bits per heavy atom. The SMILES string of the molecule is O=C(C=CC=Cc1ccccc1)N1CCCCC1.